The molecule has 15 heteroatoms. The van der Waals surface area contributed by atoms with Crippen molar-refractivity contribution in [1.82, 2.24) is 20.3 Å². The number of nitro benzene ring substituents is 1. The highest BCUT2D eigenvalue weighted by Crippen LogP contribution is 2.27. The first kappa shape index (κ1) is 29.3. The molecular formula is C24H29N5O9S. The fourth-order valence-electron chi connectivity index (χ4n) is 3.99. The van der Waals surface area contributed by atoms with E-state index in [0.29, 0.717) is 12.2 Å². The zero-order valence-electron chi connectivity index (χ0n) is 21.3. The van der Waals surface area contributed by atoms with E-state index in [2.05, 4.69) is 16.0 Å². The predicted octanol–water partition coefficient (Wildman–Crippen LogP) is 0.914. The molecule has 1 saturated heterocycles. The number of methoxy groups -OCH3 is 2. The number of urea groups is 1. The smallest absolute Gasteiger partial charge is 0.330 e. The SMILES string of the molecule is COC(=O)[C@H](CNC(=O)NCc1cccc(OC)c1)NC(=O)C1CCCN1S(=O)(=O)c1ccc([N+](=O)[O-])cc1. The zero-order valence-corrected chi connectivity index (χ0v) is 22.1. The molecule has 0 saturated carbocycles. The van der Waals surface area contributed by atoms with Gasteiger partial charge in [-0.1, -0.05) is 12.1 Å². The normalized spacial score (nSPS) is 16.1. The number of carbonyl (C=O) groups is 3. The molecule has 1 unspecified atom stereocenters. The van der Waals surface area contributed by atoms with Gasteiger partial charge in [-0.3, -0.25) is 14.9 Å². The van der Waals surface area contributed by atoms with E-state index in [4.69, 9.17) is 9.47 Å². The van der Waals surface area contributed by atoms with Gasteiger partial charge in [-0.15, -0.1) is 0 Å². The summed E-state index contributed by atoms with van der Waals surface area (Å²) in [4.78, 5) is 47.7. The van der Waals surface area contributed by atoms with E-state index in [1.54, 1.807) is 24.3 Å². The number of sulfonamides is 1. The first-order valence-corrected chi connectivity index (χ1v) is 13.3. The summed E-state index contributed by atoms with van der Waals surface area (Å²) in [5.74, 6) is -0.953. The molecule has 2 aromatic rings. The van der Waals surface area contributed by atoms with Crippen LogP contribution in [0, 0.1) is 10.1 Å². The summed E-state index contributed by atoms with van der Waals surface area (Å²) in [7, 11) is -1.52. The van der Waals surface area contributed by atoms with Gasteiger partial charge < -0.3 is 25.4 Å². The zero-order chi connectivity index (χ0) is 28.6. The van der Waals surface area contributed by atoms with Gasteiger partial charge in [0.15, 0.2) is 0 Å². The molecule has 1 fully saturated rings. The number of hydrogen-bond acceptors (Lipinski definition) is 9. The van der Waals surface area contributed by atoms with E-state index in [1.807, 2.05) is 0 Å². The van der Waals surface area contributed by atoms with Crippen LogP contribution in [0.2, 0.25) is 0 Å². The fourth-order valence-corrected chi connectivity index (χ4v) is 5.65. The van der Waals surface area contributed by atoms with Crippen molar-refractivity contribution in [2.45, 2.75) is 36.4 Å². The highest BCUT2D eigenvalue weighted by atomic mass is 32.2. The van der Waals surface area contributed by atoms with Crippen LogP contribution in [-0.2, 0) is 30.9 Å². The lowest BCUT2D eigenvalue weighted by atomic mass is 10.2. The second kappa shape index (κ2) is 13.0. The van der Waals surface area contributed by atoms with Gasteiger partial charge in [0.25, 0.3) is 5.69 Å². The molecule has 2 atom stereocenters. The predicted molar refractivity (Wildman–Crippen MR) is 137 cm³/mol. The number of non-ortho nitro benzene ring substituents is 1. The summed E-state index contributed by atoms with van der Waals surface area (Å²) >= 11 is 0. The Labute approximate surface area is 224 Å². The molecule has 1 heterocycles. The summed E-state index contributed by atoms with van der Waals surface area (Å²) in [6.07, 6.45) is 0.582. The van der Waals surface area contributed by atoms with Gasteiger partial charge in [0, 0.05) is 25.2 Å². The Kier molecular flexibility index (Phi) is 9.78. The average molecular weight is 564 g/mol. The Morgan fingerprint density at radius 1 is 1.13 bits per heavy atom. The molecule has 0 spiro atoms. The number of rotatable bonds is 11. The molecule has 3 amide bonds. The molecule has 2 aromatic carbocycles. The van der Waals surface area contributed by atoms with E-state index in [9.17, 15) is 32.9 Å². The van der Waals surface area contributed by atoms with Crippen LogP contribution in [-0.4, -0.2) is 74.9 Å². The van der Waals surface area contributed by atoms with Crippen LogP contribution in [0.5, 0.6) is 5.75 Å². The maximum absolute atomic E-state index is 13.2. The van der Waals surface area contributed by atoms with Crippen LogP contribution in [0.4, 0.5) is 10.5 Å². The maximum Gasteiger partial charge on any atom is 0.330 e. The quantitative estimate of drug-likeness (QED) is 0.203. The van der Waals surface area contributed by atoms with Crippen molar-refractivity contribution >= 4 is 33.6 Å². The Bertz CT molecular complexity index is 1320. The minimum atomic E-state index is -4.16. The third-order valence-electron chi connectivity index (χ3n) is 6.02. The highest BCUT2D eigenvalue weighted by molar-refractivity contribution is 7.89. The average Bonchev–Trinajstić information content (AvgIpc) is 3.45. The van der Waals surface area contributed by atoms with Crippen LogP contribution in [0.25, 0.3) is 0 Å². The number of esters is 1. The van der Waals surface area contributed by atoms with Crippen molar-refractivity contribution in [3.05, 3.63) is 64.2 Å². The van der Waals surface area contributed by atoms with Crippen LogP contribution < -0.4 is 20.7 Å². The van der Waals surface area contributed by atoms with Crippen molar-refractivity contribution < 1.29 is 37.2 Å². The van der Waals surface area contributed by atoms with Gasteiger partial charge in [-0.25, -0.2) is 18.0 Å². The van der Waals surface area contributed by atoms with Crippen LogP contribution in [0.3, 0.4) is 0 Å². The third-order valence-corrected chi connectivity index (χ3v) is 7.94. The summed E-state index contributed by atoms with van der Waals surface area (Å²) in [5, 5.41) is 18.5. The van der Waals surface area contributed by atoms with Crippen molar-refractivity contribution in [1.29, 1.82) is 0 Å². The van der Waals surface area contributed by atoms with Gasteiger partial charge >= 0.3 is 12.0 Å². The molecule has 210 valence electrons. The van der Waals surface area contributed by atoms with E-state index in [-0.39, 0.29) is 36.6 Å². The maximum atomic E-state index is 13.2. The van der Waals surface area contributed by atoms with E-state index >= 15 is 0 Å². The van der Waals surface area contributed by atoms with Crippen molar-refractivity contribution in [3.8, 4) is 5.75 Å². The number of nitrogens with one attached hydrogen (secondary N) is 3. The van der Waals surface area contributed by atoms with Gasteiger partial charge in [0.2, 0.25) is 15.9 Å². The van der Waals surface area contributed by atoms with Gasteiger partial charge in [-0.2, -0.15) is 4.31 Å². The van der Waals surface area contributed by atoms with Crippen molar-refractivity contribution in [3.63, 3.8) is 0 Å². The lowest BCUT2D eigenvalue weighted by molar-refractivity contribution is -0.384. The van der Waals surface area contributed by atoms with Crippen LogP contribution in [0.1, 0.15) is 18.4 Å². The second-order valence-corrected chi connectivity index (χ2v) is 10.4. The Morgan fingerprint density at radius 3 is 2.49 bits per heavy atom. The van der Waals surface area contributed by atoms with Gasteiger partial charge in [0.1, 0.15) is 17.8 Å². The molecule has 3 rings (SSSR count). The molecule has 0 radical (unpaired) electrons. The second-order valence-electron chi connectivity index (χ2n) is 8.52. The number of nitro groups is 1. The lowest BCUT2D eigenvalue weighted by Crippen LogP contribution is -2.55. The molecule has 0 bridgehead atoms. The van der Waals surface area contributed by atoms with E-state index < -0.39 is 44.9 Å². The Morgan fingerprint density at radius 2 is 1.85 bits per heavy atom. The number of hydrogen-bond donors (Lipinski definition) is 3. The minimum absolute atomic E-state index is 0.0469. The van der Waals surface area contributed by atoms with E-state index in [1.165, 1.54) is 7.11 Å². The molecule has 3 N–H and O–H groups in total. The largest absolute Gasteiger partial charge is 0.497 e. The third kappa shape index (κ3) is 7.42. The number of ether oxygens (including phenoxy) is 2. The molecule has 14 nitrogen and oxygen atoms in total. The molecule has 0 aliphatic carbocycles. The lowest BCUT2D eigenvalue weighted by Gasteiger charge is -2.25. The molecule has 1 aliphatic heterocycles. The summed E-state index contributed by atoms with van der Waals surface area (Å²) < 4.78 is 37.2. The molecule has 1 aliphatic rings. The first-order chi connectivity index (χ1) is 18.6. The van der Waals surface area contributed by atoms with Crippen LogP contribution in [0.15, 0.2) is 53.4 Å². The van der Waals surface area contributed by atoms with Gasteiger partial charge in [-0.05, 0) is 42.7 Å². The standard InChI is InChI=1S/C24H29N5O9S/c1-37-18-6-3-5-16(13-18)14-25-24(32)26-15-20(23(31)38-2)27-22(30)21-7-4-12-28(21)39(35,36)19-10-8-17(9-11-19)29(33)34/h3,5-6,8-11,13,20-21H,4,7,12,14-15H2,1-2H3,(H,27,30)(H2,25,26,32)/t20-,21?/m0/s1. The first-order valence-electron chi connectivity index (χ1n) is 11.9. The number of nitrogens with zero attached hydrogens (tertiary/aromatic N) is 2. The van der Waals surface area contributed by atoms with Crippen LogP contribution >= 0.6 is 0 Å². The topological polar surface area (TPSA) is 186 Å². The summed E-state index contributed by atoms with van der Waals surface area (Å²) in [6, 6.07) is 8.39. The fraction of sp³-hybridized carbons (Fsp3) is 0.375. The van der Waals surface area contributed by atoms with Crippen molar-refractivity contribution in [2.24, 2.45) is 0 Å². The number of benzene rings is 2. The summed E-state index contributed by atoms with van der Waals surface area (Å²) in [5.41, 5.74) is 0.503. The minimum Gasteiger partial charge on any atom is -0.497 e. The van der Waals surface area contributed by atoms with Gasteiger partial charge in [0.05, 0.1) is 30.6 Å². The molecular weight excluding hydrogens is 534 g/mol. The van der Waals surface area contributed by atoms with E-state index in [0.717, 1.165) is 41.2 Å². The Hall–Kier alpha value is -4.24. The number of amides is 3. The van der Waals surface area contributed by atoms with Crippen molar-refractivity contribution in [2.75, 3.05) is 27.3 Å². The Balaban J connectivity index is 1.62. The number of carbonyl (C=O) groups excluding carboxylic acids is 3. The molecule has 39 heavy (non-hydrogen) atoms. The molecule has 0 aromatic heterocycles. The highest BCUT2D eigenvalue weighted by Gasteiger charge is 2.40. The summed E-state index contributed by atoms with van der Waals surface area (Å²) in [6.45, 7) is -0.0920. The monoisotopic (exact) mass is 563 g/mol.